The minimum absolute atomic E-state index is 0.0876. The molecule has 0 bridgehead atoms. The number of benzene rings is 2. The van der Waals surface area contributed by atoms with Crippen molar-refractivity contribution in [2.75, 3.05) is 12.3 Å². The Morgan fingerprint density at radius 1 is 1.17 bits per heavy atom. The summed E-state index contributed by atoms with van der Waals surface area (Å²) < 4.78 is 24.6. The van der Waals surface area contributed by atoms with Crippen molar-refractivity contribution in [1.29, 1.82) is 0 Å². The molecule has 0 unspecified atom stereocenters. The molecule has 23 heavy (non-hydrogen) atoms. The summed E-state index contributed by atoms with van der Waals surface area (Å²) in [5.74, 6) is -0.577. The van der Waals surface area contributed by atoms with E-state index in [2.05, 4.69) is 0 Å². The van der Waals surface area contributed by atoms with E-state index in [1.54, 1.807) is 36.4 Å². The number of carbonyl (C=O) groups excluding carboxylic acids is 1. The summed E-state index contributed by atoms with van der Waals surface area (Å²) in [6.07, 6.45) is 0. The predicted molar refractivity (Wildman–Crippen MR) is 86.1 cm³/mol. The van der Waals surface area contributed by atoms with Gasteiger partial charge in [-0.3, -0.25) is 4.79 Å². The Labute approximate surface area is 135 Å². The molecule has 0 fully saturated rings. The molecule has 5 nitrogen and oxygen atoms in total. The van der Waals surface area contributed by atoms with Gasteiger partial charge in [0, 0.05) is 13.1 Å². The first kappa shape index (κ1) is 15.6. The van der Waals surface area contributed by atoms with E-state index in [1.807, 2.05) is 6.92 Å². The number of aryl methyl sites for hydroxylation is 1. The molecule has 3 rings (SSSR count). The monoisotopic (exact) mass is 331 g/mol. The normalized spacial score (nSPS) is 16.5. The van der Waals surface area contributed by atoms with Gasteiger partial charge in [-0.05, 0) is 36.2 Å². The third kappa shape index (κ3) is 2.94. The van der Waals surface area contributed by atoms with Crippen molar-refractivity contribution in [3.8, 4) is 5.75 Å². The molecule has 0 radical (unpaired) electrons. The minimum Gasteiger partial charge on any atom is -0.507 e. The van der Waals surface area contributed by atoms with Gasteiger partial charge in [0.1, 0.15) is 5.75 Å². The van der Waals surface area contributed by atoms with Crippen molar-refractivity contribution in [1.82, 2.24) is 4.90 Å². The number of fused-ring (bicyclic) bond motifs is 1. The standard InChI is InChI=1S/C17H17NO4S/c1-12-6-7-14(15(19)10-12)17(20)18-8-9-23(21,22)16-5-3-2-4-13(16)11-18/h2-7,10,19H,8-9,11H2,1H3. The summed E-state index contributed by atoms with van der Waals surface area (Å²) in [7, 11) is -3.40. The summed E-state index contributed by atoms with van der Waals surface area (Å²) in [6.45, 7) is 2.13. The molecule has 1 N–H and O–H groups in total. The molecule has 0 spiro atoms. The van der Waals surface area contributed by atoms with Crippen molar-refractivity contribution in [2.45, 2.75) is 18.4 Å². The van der Waals surface area contributed by atoms with Crippen LogP contribution in [-0.2, 0) is 16.4 Å². The Morgan fingerprint density at radius 3 is 2.65 bits per heavy atom. The van der Waals surface area contributed by atoms with Crippen LogP contribution < -0.4 is 0 Å². The molecule has 0 aromatic heterocycles. The number of carbonyl (C=O) groups is 1. The molecule has 0 atom stereocenters. The first-order chi connectivity index (χ1) is 10.9. The second-order valence-corrected chi connectivity index (χ2v) is 7.75. The van der Waals surface area contributed by atoms with Crippen molar-refractivity contribution in [3.05, 3.63) is 59.2 Å². The number of nitrogens with zero attached hydrogens (tertiary/aromatic N) is 1. The molecule has 0 saturated heterocycles. The molecule has 1 heterocycles. The zero-order valence-corrected chi connectivity index (χ0v) is 13.5. The fourth-order valence-corrected chi connectivity index (χ4v) is 4.23. The summed E-state index contributed by atoms with van der Waals surface area (Å²) in [4.78, 5) is 14.4. The van der Waals surface area contributed by atoms with Crippen LogP contribution in [0.1, 0.15) is 21.5 Å². The number of sulfone groups is 1. The Bertz CT molecular complexity index is 874. The van der Waals surface area contributed by atoms with Crippen LogP contribution in [-0.4, -0.2) is 36.6 Å². The lowest BCUT2D eigenvalue weighted by Crippen LogP contribution is -2.32. The fraction of sp³-hybridized carbons (Fsp3) is 0.235. The lowest BCUT2D eigenvalue weighted by molar-refractivity contribution is 0.0751. The van der Waals surface area contributed by atoms with Crippen LogP contribution in [0, 0.1) is 6.92 Å². The highest BCUT2D eigenvalue weighted by atomic mass is 32.2. The van der Waals surface area contributed by atoms with Crippen LogP contribution in [0.5, 0.6) is 5.75 Å². The maximum absolute atomic E-state index is 12.7. The Hall–Kier alpha value is -2.34. The van der Waals surface area contributed by atoms with Crippen LogP contribution >= 0.6 is 0 Å². The van der Waals surface area contributed by atoms with Crippen LogP contribution in [0.4, 0.5) is 0 Å². The molecule has 1 aliphatic heterocycles. The van der Waals surface area contributed by atoms with Crippen LogP contribution in [0.2, 0.25) is 0 Å². The van der Waals surface area contributed by atoms with Gasteiger partial charge in [0.2, 0.25) is 0 Å². The van der Waals surface area contributed by atoms with Gasteiger partial charge in [-0.25, -0.2) is 8.42 Å². The lowest BCUT2D eigenvalue weighted by Gasteiger charge is -2.21. The zero-order valence-electron chi connectivity index (χ0n) is 12.7. The number of hydrogen-bond acceptors (Lipinski definition) is 4. The highest BCUT2D eigenvalue weighted by Crippen LogP contribution is 2.26. The van der Waals surface area contributed by atoms with Gasteiger partial charge in [0.25, 0.3) is 5.91 Å². The largest absolute Gasteiger partial charge is 0.507 e. The van der Waals surface area contributed by atoms with Gasteiger partial charge < -0.3 is 10.0 Å². The summed E-state index contributed by atoms with van der Waals surface area (Å²) >= 11 is 0. The van der Waals surface area contributed by atoms with Crippen molar-refractivity contribution >= 4 is 15.7 Å². The number of phenols is 1. The fourth-order valence-electron chi connectivity index (χ4n) is 2.73. The first-order valence-electron chi connectivity index (χ1n) is 7.28. The van der Waals surface area contributed by atoms with Gasteiger partial charge in [-0.1, -0.05) is 24.3 Å². The Morgan fingerprint density at radius 2 is 1.91 bits per heavy atom. The highest BCUT2D eigenvalue weighted by Gasteiger charge is 2.28. The third-order valence-corrected chi connectivity index (χ3v) is 5.76. The van der Waals surface area contributed by atoms with Gasteiger partial charge in [-0.2, -0.15) is 0 Å². The summed E-state index contributed by atoms with van der Waals surface area (Å²) in [5.41, 5.74) is 1.64. The van der Waals surface area contributed by atoms with Crippen LogP contribution in [0.3, 0.4) is 0 Å². The third-order valence-electron chi connectivity index (χ3n) is 3.97. The maximum atomic E-state index is 12.7. The second-order valence-electron chi connectivity index (χ2n) is 5.67. The molecule has 2 aromatic rings. The van der Waals surface area contributed by atoms with E-state index in [0.29, 0.717) is 5.56 Å². The summed E-state index contributed by atoms with van der Waals surface area (Å²) in [5, 5.41) is 9.99. The Kier molecular flexibility index (Phi) is 3.85. The number of amides is 1. The van der Waals surface area contributed by atoms with Crippen LogP contribution in [0.25, 0.3) is 0 Å². The SMILES string of the molecule is Cc1ccc(C(=O)N2CCS(=O)(=O)c3ccccc3C2)c(O)c1. The molecule has 0 aliphatic carbocycles. The molecular formula is C17H17NO4S. The average molecular weight is 331 g/mol. The van der Waals surface area contributed by atoms with Gasteiger partial charge in [0.05, 0.1) is 16.2 Å². The smallest absolute Gasteiger partial charge is 0.257 e. The molecule has 120 valence electrons. The van der Waals surface area contributed by atoms with Gasteiger partial charge in [0.15, 0.2) is 9.84 Å². The van der Waals surface area contributed by atoms with E-state index < -0.39 is 9.84 Å². The molecular weight excluding hydrogens is 314 g/mol. The van der Waals surface area contributed by atoms with E-state index >= 15 is 0 Å². The van der Waals surface area contributed by atoms with E-state index in [-0.39, 0.29) is 41.0 Å². The topological polar surface area (TPSA) is 74.7 Å². The number of hydrogen-bond donors (Lipinski definition) is 1. The molecule has 0 saturated carbocycles. The van der Waals surface area contributed by atoms with Crippen molar-refractivity contribution in [2.24, 2.45) is 0 Å². The molecule has 1 aliphatic rings. The maximum Gasteiger partial charge on any atom is 0.257 e. The van der Waals surface area contributed by atoms with Crippen molar-refractivity contribution in [3.63, 3.8) is 0 Å². The molecule has 1 amide bonds. The number of aromatic hydroxyl groups is 1. The van der Waals surface area contributed by atoms with Gasteiger partial charge >= 0.3 is 0 Å². The highest BCUT2D eigenvalue weighted by molar-refractivity contribution is 7.91. The predicted octanol–water partition coefficient (Wildman–Crippen LogP) is 2.13. The second kappa shape index (κ2) is 5.70. The molecule has 2 aromatic carbocycles. The minimum atomic E-state index is -3.40. The van der Waals surface area contributed by atoms with E-state index in [0.717, 1.165) is 5.56 Å². The zero-order chi connectivity index (χ0) is 16.6. The number of phenolic OH excluding ortho intramolecular Hbond substituents is 1. The summed E-state index contributed by atoms with van der Waals surface area (Å²) in [6, 6.07) is 11.6. The molecule has 6 heteroatoms. The van der Waals surface area contributed by atoms with Gasteiger partial charge in [-0.15, -0.1) is 0 Å². The van der Waals surface area contributed by atoms with Crippen LogP contribution in [0.15, 0.2) is 47.4 Å². The lowest BCUT2D eigenvalue weighted by atomic mass is 10.1. The van der Waals surface area contributed by atoms with Crippen molar-refractivity contribution < 1.29 is 18.3 Å². The quantitative estimate of drug-likeness (QED) is 0.869. The average Bonchev–Trinajstić information content (AvgIpc) is 2.64. The number of rotatable bonds is 1. The Balaban J connectivity index is 1.98. The first-order valence-corrected chi connectivity index (χ1v) is 8.93. The van der Waals surface area contributed by atoms with E-state index in [9.17, 15) is 18.3 Å². The van der Waals surface area contributed by atoms with E-state index in [1.165, 1.54) is 11.0 Å². The van der Waals surface area contributed by atoms with E-state index in [4.69, 9.17) is 0 Å².